The molecule has 1 N–H and O–H groups in total. The van der Waals surface area contributed by atoms with E-state index in [2.05, 4.69) is 42.6 Å². The van der Waals surface area contributed by atoms with Gasteiger partial charge in [-0.2, -0.15) is 0 Å². The van der Waals surface area contributed by atoms with Crippen LogP contribution in [0.5, 0.6) is 0 Å². The minimum atomic E-state index is -0.821. The molecule has 0 amide bonds. The predicted molar refractivity (Wildman–Crippen MR) is 100 cm³/mol. The normalized spacial score (nSPS) is 10.7. The van der Waals surface area contributed by atoms with Crippen LogP contribution >= 0.6 is 11.8 Å². The smallest absolute Gasteiger partial charge is 0.163 e. The van der Waals surface area contributed by atoms with Gasteiger partial charge in [-0.15, -0.1) is 0 Å². The van der Waals surface area contributed by atoms with E-state index < -0.39 is 11.6 Å². The summed E-state index contributed by atoms with van der Waals surface area (Å²) >= 11 is 1.69. The second-order valence-electron chi connectivity index (χ2n) is 5.91. The van der Waals surface area contributed by atoms with Crippen molar-refractivity contribution in [1.82, 2.24) is 0 Å². The molecule has 0 spiro atoms. The summed E-state index contributed by atoms with van der Waals surface area (Å²) in [5, 5.41) is 3.21. The molecule has 3 rings (SSSR count). The van der Waals surface area contributed by atoms with Crippen LogP contribution in [0.25, 0.3) is 0 Å². The van der Waals surface area contributed by atoms with Crippen LogP contribution in [0.3, 0.4) is 0 Å². The van der Waals surface area contributed by atoms with Gasteiger partial charge < -0.3 is 5.32 Å². The molecular formula is C21H19F2NS. The molecular weight excluding hydrogens is 336 g/mol. The fourth-order valence-corrected chi connectivity index (χ4v) is 3.46. The summed E-state index contributed by atoms with van der Waals surface area (Å²) in [5.74, 6) is -1.62. The summed E-state index contributed by atoms with van der Waals surface area (Å²) < 4.78 is 26.9. The van der Waals surface area contributed by atoms with Gasteiger partial charge in [0.25, 0.3) is 0 Å². The highest BCUT2D eigenvalue weighted by molar-refractivity contribution is 7.99. The molecule has 1 nitrogen and oxygen atoms in total. The number of hydrogen-bond acceptors (Lipinski definition) is 2. The fraction of sp³-hybridized carbons (Fsp3) is 0.143. The molecule has 0 unspecified atom stereocenters. The Kier molecular flexibility index (Phi) is 5.39. The Hall–Kier alpha value is -2.33. The summed E-state index contributed by atoms with van der Waals surface area (Å²) in [6.07, 6.45) is 0. The standard InChI is InChI=1S/C21H19F2NS/c1-14-7-9-17(10-8-14)25-20-6-4-3-5-16(20)13-24-19-12-11-18(22)21(23)15(19)2/h3-12,24H,13H2,1-2H3. The van der Waals surface area contributed by atoms with E-state index in [9.17, 15) is 8.78 Å². The summed E-state index contributed by atoms with van der Waals surface area (Å²) in [4.78, 5) is 2.31. The van der Waals surface area contributed by atoms with E-state index in [0.717, 1.165) is 16.5 Å². The van der Waals surface area contributed by atoms with E-state index in [1.54, 1.807) is 24.8 Å². The molecule has 0 aromatic heterocycles. The molecule has 25 heavy (non-hydrogen) atoms. The third-order valence-electron chi connectivity index (χ3n) is 4.03. The quantitative estimate of drug-likeness (QED) is 0.573. The van der Waals surface area contributed by atoms with Gasteiger partial charge in [0.1, 0.15) is 0 Å². The van der Waals surface area contributed by atoms with Crippen LogP contribution < -0.4 is 5.32 Å². The molecule has 128 valence electrons. The maximum atomic E-state index is 13.7. The Morgan fingerprint density at radius 3 is 2.36 bits per heavy atom. The van der Waals surface area contributed by atoms with Crippen LogP contribution in [0.2, 0.25) is 0 Å². The monoisotopic (exact) mass is 355 g/mol. The topological polar surface area (TPSA) is 12.0 Å². The predicted octanol–water partition coefficient (Wildman–Crippen LogP) is 6.34. The highest BCUT2D eigenvalue weighted by atomic mass is 32.2. The van der Waals surface area contributed by atoms with E-state index in [4.69, 9.17) is 0 Å². The van der Waals surface area contributed by atoms with Crippen LogP contribution in [-0.4, -0.2) is 0 Å². The van der Waals surface area contributed by atoms with Crippen molar-refractivity contribution in [2.45, 2.75) is 30.2 Å². The third-order valence-corrected chi connectivity index (χ3v) is 5.16. The molecule has 0 radical (unpaired) electrons. The van der Waals surface area contributed by atoms with Gasteiger partial charge in [-0.1, -0.05) is 47.7 Å². The SMILES string of the molecule is Cc1ccc(Sc2ccccc2CNc2ccc(F)c(F)c2C)cc1. The Morgan fingerprint density at radius 1 is 0.880 bits per heavy atom. The lowest BCUT2D eigenvalue weighted by atomic mass is 10.1. The van der Waals surface area contributed by atoms with Gasteiger partial charge in [0.05, 0.1) is 0 Å². The molecule has 0 bridgehead atoms. The fourth-order valence-electron chi connectivity index (χ4n) is 2.52. The number of halogens is 2. The van der Waals surface area contributed by atoms with Crippen molar-refractivity contribution in [1.29, 1.82) is 0 Å². The molecule has 0 fully saturated rings. The van der Waals surface area contributed by atoms with Crippen molar-refractivity contribution in [2.24, 2.45) is 0 Å². The molecule has 0 aliphatic heterocycles. The lowest BCUT2D eigenvalue weighted by molar-refractivity contribution is 0.503. The summed E-state index contributed by atoms with van der Waals surface area (Å²) in [6.45, 7) is 4.19. The lowest BCUT2D eigenvalue weighted by Crippen LogP contribution is -2.04. The zero-order valence-electron chi connectivity index (χ0n) is 14.1. The van der Waals surface area contributed by atoms with Crippen molar-refractivity contribution in [3.05, 3.63) is 89.0 Å². The van der Waals surface area contributed by atoms with E-state index >= 15 is 0 Å². The zero-order chi connectivity index (χ0) is 17.8. The first-order chi connectivity index (χ1) is 12.0. The second kappa shape index (κ2) is 7.70. The Balaban J connectivity index is 1.77. The van der Waals surface area contributed by atoms with Crippen molar-refractivity contribution >= 4 is 17.4 Å². The summed E-state index contributed by atoms with van der Waals surface area (Å²) in [6, 6.07) is 19.2. The van der Waals surface area contributed by atoms with Crippen LogP contribution in [0.4, 0.5) is 14.5 Å². The first-order valence-corrected chi connectivity index (χ1v) is 8.87. The molecule has 4 heteroatoms. The molecule has 0 saturated heterocycles. The van der Waals surface area contributed by atoms with Crippen molar-refractivity contribution in [2.75, 3.05) is 5.32 Å². The van der Waals surface area contributed by atoms with Crippen LogP contribution in [0.1, 0.15) is 16.7 Å². The summed E-state index contributed by atoms with van der Waals surface area (Å²) in [7, 11) is 0. The molecule has 0 heterocycles. The Bertz CT molecular complexity index is 876. The number of anilines is 1. The summed E-state index contributed by atoms with van der Waals surface area (Å²) in [5.41, 5.74) is 3.24. The Morgan fingerprint density at radius 2 is 1.60 bits per heavy atom. The van der Waals surface area contributed by atoms with Crippen LogP contribution in [0.15, 0.2) is 70.5 Å². The first-order valence-electron chi connectivity index (χ1n) is 8.05. The minimum absolute atomic E-state index is 0.295. The third kappa shape index (κ3) is 4.20. The number of rotatable bonds is 5. The lowest BCUT2D eigenvalue weighted by Gasteiger charge is -2.13. The molecule has 0 atom stereocenters. The van der Waals surface area contributed by atoms with Gasteiger partial charge in [0.15, 0.2) is 11.6 Å². The molecule has 3 aromatic carbocycles. The van der Waals surface area contributed by atoms with Crippen molar-refractivity contribution in [3.63, 3.8) is 0 Å². The van der Waals surface area contributed by atoms with Crippen LogP contribution in [0, 0.1) is 25.5 Å². The maximum absolute atomic E-state index is 13.7. The maximum Gasteiger partial charge on any atom is 0.163 e. The Labute approximate surface area is 151 Å². The van der Waals surface area contributed by atoms with Gasteiger partial charge in [-0.3, -0.25) is 0 Å². The zero-order valence-corrected chi connectivity index (χ0v) is 15.0. The van der Waals surface area contributed by atoms with Crippen molar-refractivity contribution in [3.8, 4) is 0 Å². The van der Waals surface area contributed by atoms with Gasteiger partial charge in [0, 0.05) is 27.6 Å². The molecule has 0 aliphatic rings. The minimum Gasteiger partial charge on any atom is -0.381 e. The van der Waals surface area contributed by atoms with E-state index in [1.807, 2.05) is 18.2 Å². The average molecular weight is 355 g/mol. The number of hydrogen-bond donors (Lipinski definition) is 1. The highest BCUT2D eigenvalue weighted by Crippen LogP contribution is 2.31. The first kappa shape index (κ1) is 17.5. The second-order valence-corrected chi connectivity index (χ2v) is 7.03. The highest BCUT2D eigenvalue weighted by Gasteiger charge is 2.10. The van der Waals surface area contributed by atoms with E-state index in [0.29, 0.717) is 17.8 Å². The largest absolute Gasteiger partial charge is 0.381 e. The van der Waals surface area contributed by atoms with Gasteiger partial charge in [-0.25, -0.2) is 8.78 Å². The van der Waals surface area contributed by atoms with Gasteiger partial charge in [0.2, 0.25) is 0 Å². The number of nitrogens with one attached hydrogen (secondary N) is 1. The molecule has 0 aliphatic carbocycles. The molecule has 0 saturated carbocycles. The number of aryl methyl sites for hydroxylation is 1. The van der Waals surface area contributed by atoms with E-state index in [1.165, 1.54) is 10.5 Å². The van der Waals surface area contributed by atoms with Gasteiger partial charge in [-0.05, 0) is 49.7 Å². The molecule has 3 aromatic rings. The van der Waals surface area contributed by atoms with E-state index in [-0.39, 0.29) is 0 Å². The van der Waals surface area contributed by atoms with Gasteiger partial charge >= 0.3 is 0 Å². The average Bonchev–Trinajstić information content (AvgIpc) is 2.62. The number of benzene rings is 3. The van der Waals surface area contributed by atoms with Crippen LogP contribution in [-0.2, 0) is 6.54 Å². The van der Waals surface area contributed by atoms with Crippen molar-refractivity contribution < 1.29 is 8.78 Å².